The molecule has 0 saturated carbocycles. The van der Waals surface area contributed by atoms with Gasteiger partial charge in [0.2, 0.25) is 0 Å². The Morgan fingerprint density at radius 1 is 1.23 bits per heavy atom. The number of halogens is 1. The number of nitrogens with zero attached hydrogens (tertiary/aromatic N) is 5. The predicted octanol–water partition coefficient (Wildman–Crippen LogP) is 3.63. The summed E-state index contributed by atoms with van der Waals surface area (Å²) < 4.78 is 3.82. The summed E-state index contributed by atoms with van der Waals surface area (Å²) in [7, 11) is 1.96. The highest BCUT2D eigenvalue weighted by Crippen LogP contribution is 2.13. The third-order valence-corrected chi connectivity index (χ3v) is 4.66. The molecule has 1 N–H and O–H groups in total. The molecule has 0 atom stereocenters. The fourth-order valence-corrected chi connectivity index (χ4v) is 2.91. The molecule has 1 aromatic carbocycles. The summed E-state index contributed by atoms with van der Waals surface area (Å²) in [4.78, 5) is 1.98. The van der Waals surface area contributed by atoms with Crippen LogP contribution in [0.1, 0.15) is 18.2 Å². The van der Waals surface area contributed by atoms with E-state index in [0.717, 1.165) is 28.5 Å². The highest BCUT2D eigenvalue weighted by molar-refractivity contribution is 7.80. The van der Waals surface area contributed by atoms with Crippen LogP contribution in [-0.4, -0.2) is 36.6 Å². The predicted molar refractivity (Wildman–Crippen MR) is 108 cm³/mol. The lowest BCUT2D eigenvalue weighted by Gasteiger charge is -2.20. The first-order valence-electron chi connectivity index (χ1n) is 8.35. The van der Waals surface area contributed by atoms with Gasteiger partial charge in [-0.25, -0.2) is 0 Å². The number of aromatic nitrogens is 4. The molecular weight excluding hydrogens is 368 g/mol. The molecule has 0 aliphatic heterocycles. The number of hydrogen-bond acceptors (Lipinski definition) is 3. The van der Waals surface area contributed by atoms with Crippen LogP contribution in [0.25, 0.3) is 0 Å². The first-order valence-corrected chi connectivity index (χ1v) is 9.13. The lowest BCUT2D eigenvalue weighted by atomic mass is 10.2. The molecule has 3 rings (SSSR count). The summed E-state index contributed by atoms with van der Waals surface area (Å²) in [6.45, 7) is 4.28. The SMILES string of the molecule is CCn1nccc1CN(C)C(=S)Nc1cnn(Cc2ccc(Cl)cc2)c1. The maximum Gasteiger partial charge on any atom is 0.173 e. The van der Waals surface area contributed by atoms with Gasteiger partial charge in [-0.05, 0) is 42.9 Å². The van der Waals surface area contributed by atoms with Crippen molar-refractivity contribution in [1.82, 2.24) is 24.5 Å². The van der Waals surface area contributed by atoms with E-state index in [4.69, 9.17) is 23.8 Å². The molecule has 0 aliphatic carbocycles. The highest BCUT2D eigenvalue weighted by Gasteiger charge is 2.10. The molecular formula is C18H21ClN6S. The number of thiocarbonyl (C=S) groups is 1. The van der Waals surface area contributed by atoms with Gasteiger partial charge in [0.1, 0.15) is 0 Å². The number of hydrogen-bond donors (Lipinski definition) is 1. The standard InChI is InChI=1S/C18H21ClN6S/c1-3-25-17(8-9-20-25)13-23(2)18(26)22-16-10-21-24(12-16)11-14-4-6-15(19)7-5-14/h4-10,12H,3,11,13H2,1-2H3,(H,22,26). The molecule has 26 heavy (non-hydrogen) atoms. The van der Waals surface area contributed by atoms with E-state index < -0.39 is 0 Å². The zero-order chi connectivity index (χ0) is 18.5. The average Bonchev–Trinajstić information content (AvgIpc) is 3.26. The van der Waals surface area contributed by atoms with E-state index in [2.05, 4.69) is 22.4 Å². The molecule has 0 saturated heterocycles. The van der Waals surface area contributed by atoms with Crippen LogP contribution in [0.2, 0.25) is 5.02 Å². The lowest BCUT2D eigenvalue weighted by molar-refractivity contribution is 0.471. The molecule has 0 bridgehead atoms. The van der Waals surface area contributed by atoms with E-state index in [1.165, 1.54) is 0 Å². The monoisotopic (exact) mass is 388 g/mol. The van der Waals surface area contributed by atoms with Crippen molar-refractivity contribution in [2.24, 2.45) is 0 Å². The number of rotatable bonds is 6. The van der Waals surface area contributed by atoms with Crippen molar-refractivity contribution in [3.8, 4) is 0 Å². The van der Waals surface area contributed by atoms with Crippen molar-refractivity contribution in [2.75, 3.05) is 12.4 Å². The Hall–Kier alpha value is -2.38. The summed E-state index contributed by atoms with van der Waals surface area (Å²) in [5.74, 6) is 0. The molecule has 0 unspecified atom stereocenters. The zero-order valence-corrected chi connectivity index (χ0v) is 16.3. The van der Waals surface area contributed by atoms with Crippen LogP contribution < -0.4 is 5.32 Å². The van der Waals surface area contributed by atoms with Crippen LogP contribution in [-0.2, 0) is 19.6 Å². The van der Waals surface area contributed by atoms with Crippen molar-refractivity contribution in [1.29, 1.82) is 0 Å². The van der Waals surface area contributed by atoms with Gasteiger partial charge in [0.15, 0.2) is 5.11 Å². The fraction of sp³-hybridized carbons (Fsp3) is 0.278. The summed E-state index contributed by atoms with van der Waals surface area (Å²) in [6.07, 6.45) is 5.52. The highest BCUT2D eigenvalue weighted by atomic mass is 35.5. The van der Waals surface area contributed by atoms with E-state index in [0.29, 0.717) is 18.2 Å². The summed E-state index contributed by atoms with van der Waals surface area (Å²) >= 11 is 11.4. The second kappa shape index (κ2) is 8.33. The van der Waals surface area contributed by atoms with E-state index in [1.807, 2.05) is 64.0 Å². The van der Waals surface area contributed by atoms with Gasteiger partial charge in [0.05, 0.1) is 30.7 Å². The smallest absolute Gasteiger partial charge is 0.173 e. The first kappa shape index (κ1) is 18.4. The number of aryl methyl sites for hydroxylation is 1. The van der Waals surface area contributed by atoms with E-state index in [-0.39, 0.29) is 0 Å². The van der Waals surface area contributed by atoms with Crippen LogP contribution in [0.3, 0.4) is 0 Å². The lowest BCUT2D eigenvalue weighted by Crippen LogP contribution is -2.31. The van der Waals surface area contributed by atoms with E-state index in [9.17, 15) is 0 Å². The molecule has 0 amide bonds. The van der Waals surface area contributed by atoms with Gasteiger partial charge in [-0.1, -0.05) is 23.7 Å². The number of nitrogens with one attached hydrogen (secondary N) is 1. The van der Waals surface area contributed by atoms with Gasteiger partial charge in [-0.15, -0.1) is 0 Å². The minimum atomic E-state index is 0.639. The molecule has 2 aromatic heterocycles. The van der Waals surface area contributed by atoms with Crippen LogP contribution in [0, 0.1) is 0 Å². The summed E-state index contributed by atoms with van der Waals surface area (Å²) in [5, 5.41) is 13.3. The topological polar surface area (TPSA) is 50.9 Å². The second-order valence-electron chi connectivity index (χ2n) is 5.98. The average molecular weight is 389 g/mol. The summed E-state index contributed by atoms with van der Waals surface area (Å²) in [5.41, 5.74) is 3.12. The second-order valence-corrected chi connectivity index (χ2v) is 6.80. The molecule has 0 spiro atoms. The Morgan fingerprint density at radius 3 is 2.73 bits per heavy atom. The maximum atomic E-state index is 5.92. The van der Waals surface area contributed by atoms with E-state index >= 15 is 0 Å². The minimum Gasteiger partial charge on any atom is -0.346 e. The van der Waals surface area contributed by atoms with Gasteiger partial charge < -0.3 is 10.2 Å². The molecule has 0 fully saturated rings. The molecule has 2 heterocycles. The quantitative estimate of drug-likeness (QED) is 0.653. The minimum absolute atomic E-state index is 0.639. The fourth-order valence-electron chi connectivity index (χ4n) is 2.60. The molecule has 136 valence electrons. The Balaban J connectivity index is 1.57. The van der Waals surface area contributed by atoms with Crippen molar-refractivity contribution >= 4 is 34.6 Å². The molecule has 6 nitrogen and oxygen atoms in total. The maximum absolute atomic E-state index is 5.92. The normalized spacial score (nSPS) is 10.7. The van der Waals surface area contributed by atoms with Crippen molar-refractivity contribution in [3.05, 3.63) is 65.2 Å². The van der Waals surface area contributed by atoms with Crippen LogP contribution in [0.4, 0.5) is 5.69 Å². The Kier molecular flexibility index (Phi) is 5.90. The van der Waals surface area contributed by atoms with Crippen LogP contribution in [0.5, 0.6) is 0 Å². The van der Waals surface area contributed by atoms with Crippen molar-refractivity contribution in [3.63, 3.8) is 0 Å². The van der Waals surface area contributed by atoms with Crippen molar-refractivity contribution < 1.29 is 0 Å². The molecule has 0 radical (unpaired) electrons. The van der Waals surface area contributed by atoms with Crippen LogP contribution in [0.15, 0.2) is 48.9 Å². The van der Waals surface area contributed by atoms with Crippen molar-refractivity contribution in [2.45, 2.75) is 26.6 Å². The molecule has 0 aliphatic rings. The Morgan fingerprint density at radius 2 is 2.00 bits per heavy atom. The van der Waals surface area contributed by atoms with E-state index in [1.54, 1.807) is 6.20 Å². The Labute approximate surface area is 163 Å². The van der Waals surface area contributed by atoms with Gasteiger partial charge in [-0.2, -0.15) is 10.2 Å². The molecule has 3 aromatic rings. The number of benzene rings is 1. The zero-order valence-electron chi connectivity index (χ0n) is 14.8. The first-order chi connectivity index (χ1) is 12.5. The third-order valence-electron chi connectivity index (χ3n) is 3.99. The third kappa shape index (κ3) is 4.62. The van der Waals surface area contributed by atoms with Gasteiger partial charge >= 0.3 is 0 Å². The van der Waals surface area contributed by atoms with Crippen LogP contribution >= 0.6 is 23.8 Å². The Bertz CT molecular complexity index is 870. The largest absolute Gasteiger partial charge is 0.346 e. The van der Waals surface area contributed by atoms with Gasteiger partial charge in [0, 0.05) is 31.0 Å². The van der Waals surface area contributed by atoms with Gasteiger partial charge in [0.25, 0.3) is 0 Å². The molecule has 8 heteroatoms. The number of anilines is 1. The van der Waals surface area contributed by atoms with Gasteiger partial charge in [-0.3, -0.25) is 9.36 Å². The summed E-state index contributed by atoms with van der Waals surface area (Å²) in [6, 6.07) is 9.75.